The highest BCUT2D eigenvalue weighted by atomic mass is 79.9. The highest BCUT2D eigenvalue weighted by Crippen LogP contribution is 2.43. The Morgan fingerprint density at radius 2 is 1.08 bits per heavy atom. The zero-order valence-corrected chi connectivity index (χ0v) is 12.4. The molecule has 13 heavy (non-hydrogen) atoms. The maximum absolute atomic E-state index is 5.13. The molecular weight excluding hydrogens is 432 g/mol. The van der Waals surface area contributed by atoms with Gasteiger partial charge in [-0.25, -0.2) is 0 Å². The molecule has 1 aromatic carbocycles. The molecule has 2 rings (SSSR count). The van der Waals surface area contributed by atoms with E-state index < -0.39 is 0 Å². The van der Waals surface area contributed by atoms with Crippen molar-refractivity contribution in [3.05, 3.63) is 30.4 Å². The van der Waals surface area contributed by atoms with Gasteiger partial charge in [0.05, 0.1) is 12.5 Å². The Balaban J connectivity index is 3.02. The minimum absolute atomic E-state index is 0.980. The van der Waals surface area contributed by atoms with Crippen LogP contribution >= 0.6 is 63.7 Å². The van der Waals surface area contributed by atoms with Crippen molar-refractivity contribution >= 4 is 74.5 Å². The van der Waals surface area contributed by atoms with Gasteiger partial charge in [0.1, 0.15) is 0 Å². The van der Waals surface area contributed by atoms with Crippen LogP contribution in [0.25, 0.3) is 10.8 Å². The predicted molar refractivity (Wildman–Crippen MR) is 67.0 cm³/mol. The number of halogens is 4. The smallest absolute Gasteiger partial charge is 0.0993 e. The highest BCUT2D eigenvalue weighted by molar-refractivity contribution is 9.15. The third-order valence-electron chi connectivity index (χ3n) is 1.71. The summed E-state index contributed by atoms with van der Waals surface area (Å²) in [6.07, 6.45) is 3.42. The van der Waals surface area contributed by atoms with Gasteiger partial charge in [0.15, 0.2) is 0 Å². The minimum atomic E-state index is 0.980. The van der Waals surface area contributed by atoms with Gasteiger partial charge in [0.25, 0.3) is 0 Å². The van der Waals surface area contributed by atoms with Crippen LogP contribution in [0.3, 0.4) is 0 Å². The van der Waals surface area contributed by atoms with Crippen molar-refractivity contribution in [2.45, 2.75) is 0 Å². The summed E-state index contributed by atoms with van der Waals surface area (Å²) in [5.74, 6) is 0. The number of furan rings is 1. The molecule has 0 unspecified atom stereocenters. The molecule has 0 aliphatic heterocycles. The lowest BCUT2D eigenvalue weighted by atomic mass is 10.2. The van der Waals surface area contributed by atoms with Crippen LogP contribution in [0, 0.1) is 0 Å². The molecule has 2 aromatic rings. The molecule has 0 aliphatic rings. The Morgan fingerprint density at radius 3 is 1.46 bits per heavy atom. The van der Waals surface area contributed by atoms with Gasteiger partial charge < -0.3 is 4.42 Å². The van der Waals surface area contributed by atoms with Gasteiger partial charge in [-0.1, -0.05) is 0 Å². The lowest BCUT2D eigenvalue weighted by Gasteiger charge is -2.04. The molecule has 1 heterocycles. The van der Waals surface area contributed by atoms with Crippen LogP contribution in [0.1, 0.15) is 0 Å². The second kappa shape index (κ2) is 3.68. The molecule has 0 radical (unpaired) electrons. The van der Waals surface area contributed by atoms with E-state index in [4.69, 9.17) is 4.42 Å². The van der Waals surface area contributed by atoms with Gasteiger partial charge >= 0.3 is 0 Å². The van der Waals surface area contributed by atoms with E-state index in [0.29, 0.717) is 0 Å². The van der Waals surface area contributed by atoms with Gasteiger partial charge in [0, 0.05) is 28.7 Å². The van der Waals surface area contributed by atoms with E-state index in [2.05, 4.69) is 63.7 Å². The molecular formula is C8H2Br4O. The van der Waals surface area contributed by atoms with E-state index in [0.717, 1.165) is 28.7 Å². The Bertz CT molecular complexity index is 432. The summed E-state index contributed by atoms with van der Waals surface area (Å²) in [5.41, 5.74) is 0. The summed E-state index contributed by atoms with van der Waals surface area (Å²) >= 11 is 13.9. The number of hydrogen-bond donors (Lipinski definition) is 0. The molecule has 1 aromatic heterocycles. The Morgan fingerprint density at radius 1 is 0.692 bits per heavy atom. The summed E-state index contributed by atoms with van der Waals surface area (Å²) in [6, 6.07) is 0. The van der Waals surface area contributed by atoms with Crippen LogP contribution in [0.2, 0.25) is 0 Å². The summed E-state index contributed by atoms with van der Waals surface area (Å²) in [6.45, 7) is 0. The Labute approximate surface area is 108 Å². The van der Waals surface area contributed by atoms with Crippen LogP contribution < -0.4 is 0 Å². The monoisotopic (exact) mass is 430 g/mol. The lowest BCUT2D eigenvalue weighted by molar-refractivity contribution is 0.572. The standard InChI is InChI=1S/C8H2Br4O/c9-5-3-1-13-2-4(3)6(10)8(12)7(5)11/h1-2H. The molecule has 0 amide bonds. The van der Waals surface area contributed by atoms with Crippen molar-refractivity contribution in [2.24, 2.45) is 0 Å². The van der Waals surface area contributed by atoms with Crippen molar-refractivity contribution in [1.29, 1.82) is 0 Å². The molecule has 5 heteroatoms. The first-order valence-corrected chi connectivity index (χ1v) is 6.48. The van der Waals surface area contributed by atoms with Crippen molar-refractivity contribution in [1.82, 2.24) is 0 Å². The zero-order chi connectivity index (χ0) is 9.59. The summed E-state index contributed by atoms with van der Waals surface area (Å²) < 4.78 is 9.08. The first-order valence-electron chi connectivity index (χ1n) is 3.30. The average molecular weight is 434 g/mol. The fraction of sp³-hybridized carbons (Fsp3) is 0. The van der Waals surface area contributed by atoms with E-state index in [1.54, 1.807) is 12.5 Å². The van der Waals surface area contributed by atoms with Crippen LogP contribution in [0.4, 0.5) is 0 Å². The molecule has 68 valence electrons. The Hall–Kier alpha value is 0.680. The van der Waals surface area contributed by atoms with E-state index in [9.17, 15) is 0 Å². The van der Waals surface area contributed by atoms with Gasteiger partial charge in [-0.3, -0.25) is 0 Å². The normalized spacial score (nSPS) is 11.1. The van der Waals surface area contributed by atoms with Crippen molar-refractivity contribution in [3.63, 3.8) is 0 Å². The third-order valence-corrected chi connectivity index (χ3v) is 6.54. The third kappa shape index (κ3) is 1.54. The number of rotatable bonds is 0. The van der Waals surface area contributed by atoms with Crippen LogP contribution in [-0.4, -0.2) is 0 Å². The molecule has 0 bridgehead atoms. The molecule has 0 N–H and O–H groups in total. The molecule has 0 aliphatic carbocycles. The van der Waals surface area contributed by atoms with E-state index in [-0.39, 0.29) is 0 Å². The summed E-state index contributed by atoms with van der Waals surface area (Å²) in [7, 11) is 0. The van der Waals surface area contributed by atoms with E-state index in [1.807, 2.05) is 0 Å². The average Bonchev–Trinajstić information content (AvgIpc) is 2.59. The maximum Gasteiger partial charge on any atom is 0.0993 e. The van der Waals surface area contributed by atoms with Gasteiger partial charge in [0.2, 0.25) is 0 Å². The zero-order valence-electron chi connectivity index (χ0n) is 6.07. The Kier molecular flexibility index (Phi) is 2.89. The molecule has 0 saturated carbocycles. The molecule has 0 fully saturated rings. The molecule has 0 atom stereocenters. The number of fused-ring (bicyclic) bond motifs is 1. The van der Waals surface area contributed by atoms with E-state index >= 15 is 0 Å². The van der Waals surface area contributed by atoms with Gasteiger partial charge in [-0.05, 0) is 63.7 Å². The van der Waals surface area contributed by atoms with Gasteiger partial charge in [-0.15, -0.1) is 0 Å². The first kappa shape index (κ1) is 10.2. The van der Waals surface area contributed by atoms with Crippen molar-refractivity contribution in [3.8, 4) is 0 Å². The predicted octanol–water partition coefficient (Wildman–Crippen LogP) is 5.48. The SMILES string of the molecule is Brc1c(Br)c(Br)c2cocc2c1Br. The molecule has 1 nitrogen and oxygen atoms in total. The summed E-state index contributed by atoms with van der Waals surface area (Å²) in [5, 5.41) is 2.09. The second-order valence-corrected chi connectivity index (χ2v) is 5.63. The van der Waals surface area contributed by atoms with Gasteiger partial charge in [-0.2, -0.15) is 0 Å². The molecule has 0 saturated heterocycles. The fourth-order valence-electron chi connectivity index (χ4n) is 1.07. The minimum Gasteiger partial charge on any atom is -0.471 e. The highest BCUT2D eigenvalue weighted by Gasteiger charge is 2.14. The van der Waals surface area contributed by atoms with Crippen LogP contribution in [0.5, 0.6) is 0 Å². The number of hydrogen-bond acceptors (Lipinski definition) is 1. The second-order valence-electron chi connectivity index (χ2n) is 2.46. The van der Waals surface area contributed by atoms with Crippen LogP contribution in [-0.2, 0) is 0 Å². The number of benzene rings is 1. The van der Waals surface area contributed by atoms with E-state index in [1.165, 1.54) is 0 Å². The maximum atomic E-state index is 5.13. The fourth-order valence-corrected chi connectivity index (χ4v) is 3.43. The van der Waals surface area contributed by atoms with Crippen molar-refractivity contribution in [2.75, 3.05) is 0 Å². The van der Waals surface area contributed by atoms with Crippen molar-refractivity contribution < 1.29 is 4.42 Å². The first-order chi connectivity index (χ1) is 6.13. The van der Waals surface area contributed by atoms with Crippen LogP contribution in [0.15, 0.2) is 34.8 Å². The topological polar surface area (TPSA) is 13.1 Å². The largest absolute Gasteiger partial charge is 0.471 e. The molecule has 0 spiro atoms. The lowest BCUT2D eigenvalue weighted by Crippen LogP contribution is -1.77. The quantitative estimate of drug-likeness (QED) is 0.396. The summed E-state index contributed by atoms with van der Waals surface area (Å²) in [4.78, 5) is 0.